The van der Waals surface area contributed by atoms with Gasteiger partial charge in [0.1, 0.15) is 66.2 Å². The number of H-pyrrole nitrogens is 1. The first kappa shape index (κ1) is 86.2. The number of aromatic nitrogens is 1. The lowest BCUT2D eigenvalue weighted by Crippen LogP contribution is -2.62. The molecular weight excluding hydrogens is 1420 g/mol. The number of nitrogens with one attached hydrogen (secondary N) is 10. The standard InChI is InChI=1S/C77H107N17O16/c1-43(2)37-57(68(101)90-60(40-49-29-31-51(97)32-30-49)75(108)94-36-18-28-62(94)72(105)85-56(26-16-34-82-77(80)81)67(100)92-64(46(5)96)76(109)110)88-66(99)55(25-14-15-33-78)86-73(106)63(45(4)95)91-70(103)58(39-48-21-10-7-11-22-48)89-69(102)59(41-50-42-83-54-24-13-12-23-52(50)54)87-65(98)44(3)84-71(104)61-27-17-35-93(61)74(107)53(79)38-47-19-8-6-9-20-47/h6-13,19-24,29-32,42-46,53,55-64,83,95-97H,14-18,25-28,33-41,78-79H2,1-5H3,(H,84,104)(H,85,105)(H,86,106)(H,87,98)(H,88,99)(H,89,102)(H,90,101)(H,91,103)(H,92,100)(H,109,110)(H4,80,81,82)/t44-,45?,46?,53-,55-,56-,57-,58-,59-,60-,61-,62-,63-,64-/m0/s1. The fraction of sp³-hybridized carbons (Fsp3) is 0.494. The summed E-state index contributed by atoms with van der Waals surface area (Å²) in [4.78, 5) is 181. The summed E-state index contributed by atoms with van der Waals surface area (Å²) < 4.78 is 0. The van der Waals surface area contributed by atoms with E-state index >= 15 is 9.59 Å². The van der Waals surface area contributed by atoms with Crippen LogP contribution >= 0.6 is 0 Å². The number of carboxylic acids is 1. The number of nitrogens with two attached hydrogens (primary N) is 4. The number of benzene rings is 4. The SMILES string of the molecule is CC(C)C[C@H](NC(=O)[C@H](CCCCN)NC(=O)[C@@H](NC(=O)[C@H](Cc1ccccc1)NC(=O)[C@H](Cc1c[nH]c2ccccc12)NC(=O)[C@H](C)NC(=O)[C@@H]1CCCN1C(=O)[C@@H](N)Cc1ccccc1)C(C)O)C(=O)N[C@@H](Cc1ccc(O)cc1)C(=O)N1CCC[C@H]1C(=O)N[C@@H](CCCN=C(N)N)C(=O)N[C@H](C(=O)O)C(C)O. The van der Waals surface area contributed by atoms with Gasteiger partial charge in [-0.2, -0.15) is 0 Å². The molecule has 0 spiro atoms. The number of aliphatic hydroxyl groups excluding tert-OH is 2. The van der Waals surface area contributed by atoms with Gasteiger partial charge in [0, 0.05) is 56.0 Å². The minimum absolute atomic E-state index is 0.00555. The first-order valence-electron chi connectivity index (χ1n) is 37.3. The topological polar surface area (TPSA) is 533 Å². The molecule has 0 radical (unpaired) electrons. The van der Waals surface area contributed by atoms with Crippen molar-refractivity contribution in [3.63, 3.8) is 0 Å². The number of guanidine groups is 1. The summed E-state index contributed by atoms with van der Waals surface area (Å²) in [5.41, 5.74) is 26.4. The number of phenols is 1. The van der Waals surface area contributed by atoms with Crippen molar-refractivity contribution < 1.29 is 78.0 Å². The van der Waals surface area contributed by atoms with Gasteiger partial charge in [0.15, 0.2) is 12.0 Å². The smallest absolute Gasteiger partial charge is 0.328 e. The summed E-state index contributed by atoms with van der Waals surface area (Å²) in [5.74, 6) is -11.1. The van der Waals surface area contributed by atoms with Crippen molar-refractivity contribution in [2.75, 3.05) is 26.2 Å². The number of rotatable bonds is 41. The largest absolute Gasteiger partial charge is 0.508 e. The second-order valence-corrected chi connectivity index (χ2v) is 28.6. The fourth-order valence-corrected chi connectivity index (χ4v) is 13.4. The molecule has 2 fully saturated rings. The molecule has 3 heterocycles. The molecule has 2 aliphatic heterocycles. The second kappa shape index (κ2) is 42.1. The Balaban J connectivity index is 1.09. The van der Waals surface area contributed by atoms with Crippen molar-refractivity contribution >= 4 is 87.8 Å². The van der Waals surface area contributed by atoms with Crippen LogP contribution in [0.5, 0.6) is 5.75 Å². The van der Waals surface area contributed by atoms with E-state index in [1.807, 2.05) is 48.5 Å². The summed E-state index contributed by atoms with van der Waals surface area (Å²) in [5, 5.41) is 66.1. The summed E-state index contributed by atoms with van der Waals surface area (Å²) in [7, 11) is 0. The van der Waals surface area contributed by atoms with Gasteiger partial charge in [-0.05, 0) is 144 Å². The van der Waals surface area contributed by atoms with Crippen LogP contribution in [0.15, 0.2) is 120 Å². The number of aliphatic hydroxyl groups is 2. The molecule has 14 atom stereocenters. The molecule has 2 unspecified atom stereocenters. The molecule has 2 aliphatic rings. The Bertz CT molecular complexity index is 3990. The number of aromatic hydroxyl groups is 1. The number of likely N-dealkylation sites (tertiary alicyclic amines) is 2. The van der Waals surface area contributed by atoms with Crippen LogP contribution in [0.1, 0.15) is 121 Å². The second-order valence-electron chi connectivity index (χ2n) is 28.6. The molecule has 0 aliphatic carbocycles. The average molecular weight is 1530 g/mol. The maximum Gasteiger partial charge on any atom is 0.328 e. The highest BCUT2D eigenvalue weighted by atomic mass is 16.4. The predicted molar refractivity (Wildman–Crippen MR) is 408 cm³/mol. The lowest BCUT2D eigenvalue weighted by atomic mass is 9.99. The van der Waals surface area contributed by atoms with Gasteiger partial charge in [0.05, 0.1) is 18.2 Å². The molecule has 0 bridgehead atoms. The van der Waals surface area contributed by atoms with Crippen LogP contribution in [0.3, 0.4) is 0 Å². The van der Waals surface area contributed by atoms with Crippen LogP contribution in [-0.2, 0) is 83.2 Å². The molecule has 2 saturated heterocycles. The number of hydrogen-bond donors (Lipinski definition) is 18. The van der Waals surface area contributed by atoms with E-state index < -0.39 is 156 Å². The number of aliphatic carboxylic acids is 1. The van der Waals surface area contributed by atoms with Crippen molar-refractivity contribution in [3.8, 4) is 5.75 Å². The minimum atomic E-state index is -1.81. The van der Waals surface area contributed by atoms with E-state index in [4.69, 9.17) is 22.9 Å². The normalized spacial score (nSPS) is 17.4. The summed E-state index contributed by atoms with van der Waals surface area (Å²) in [6.07, 6.45) is -0.0754. The van der Waals surface area contributed by atoms with E-state index in [9.17, 15) is 68.4 Å². The summed E-state index contributed by atoms with van der Waals surface area (Å²) in [6.45, 7) is 7.83. The maximum atomic E-state index is 15.0. The number of fused-ring (bicyclic) bond motifs is 1. The van der Waals surface area contributed by atoms with Gasteiger partial charge in [-0.3, -0.25) is 57.7 Å². The van der Waals surface area contributed by atoms with Crippen LogP contribution in [0.4, 0.5) is 0 Å². The van der Waals surface area contributed by atoms with Gasteiger partial charge in [-0.1, -0.05) is 105 Å². The van der Waals surface area contributed by atoms with Crippen LogP contribution < -0.4 is 70.8 Å². The Hall–Kier alpha value is -11.0. The quantitative estimate of drug-likeness (QED) is 0.0126. The Morgan fingerprint density at radius 2 is 0.982 bits per heavy atom. The molecule has 5 aromatic rings. The Morgan fingerprint density at radius 1 is 0.509 bits per heavy atom. The van der Waals surface area contributed by atoms with Crippen molar-refractivity contribution in [2.45, 2.75) is 209 Å². The van der Waals surface area contributed by atoms with Gasteiger partial charge < -0.3 is 106 Å². The molecule has 596 valence electrons. The molecular formula is C77H107N17O16. The fourth-order valence-electron chi connectivity index (χ4n) is 13.4. The van der Waals surface area contributed by atoms with E-state index in [0.29, 0.717) is 42.4 Å². The molecule has 33 heteroatoms. The third-order valence-electron chi connectivity index (χ3n) is 19.3. The number of carboxylic acid groups (broad SMARTS) is 1. The zero-order chi connectivity index (χ0) is 80.3. The first-order chi connectivity index (χ1) is 52.4. The highest BCUT2D eigenvalue weighted by Gasteiger charge is 2.43. The molecule has 22 N–H and O–H groups in total. The number of para-hydroxylation sites is 1. The van der Waals surface area contributed by atoms with Crippen LogP contribution in [0, 0.1) is 5.92 Å². The number of unbranched alkanes of at least 4 members (excludes halogenated alkanes) is 1. The minimum Gasteiger partial charge on any atom is -0.508 e. The van der Waals surface area contributed by atoms with Gasteiger partial charge in [0.25, 0.3) is 0 Å². The number of phenolic OH excluding ortho intramolecular Hbond substituents is 1. The average Bonchev–Trinajstić information content (AvgIpc) is 1.63. The number of amides is 11. The molecule has 110 heavy (non-hydrogen) atoms. The molecule has 7 rings (SSSR count). The zero-order valence-corrected chi connectivity index (χ0v) is 62.7. The van der Waals surface area contributed by atoms with Crippen molar-refractivity contribution in [2.24, 2.45) is 33.8 Å². The molecule has 4 aromatic carbocycles. The number of hydrogen-bond acceptors (Lipinski definition) is 18. The zero-order valence-electron chi connectivity index (χ0n) is 62.7. The highest BCUT2D eigenvalue weighted by molar-refractivity contribution is 6.00. The van der Waals surface area contributed by atoms with Crippen molar-refractivity contribution in [1.82, 2.24) is 62.6 Å². The Labute approximate surface area is 638 Å². The lowest BCUT2D eigenvalue weighted by Gasteiger charge is -2.31. The van der Waals surface area contributed by atoms with Crippen LogP contribution in [0.2, 0.25) is 0 Å². The van der Waals surface area contributed by atoms with E-state index in [1.165, 1.54) is 47.9 Å². The lowest BCUT2D eigenvalue weighted by molar-refractivity contribution is -0.145. The number of carbonyl (C=O) groups excluding carboxylic acids is 11. The third-order valence-corrected chi connectivity index (χ3v) is 19.3. The number of carbonyl (C=O) groups is 12. The number of nitrogens with zero attached hydrogens (tertiary/aromatic N) is 3. The maximum absolute atomic E-state index is 15.0. The van der Waals surface area contributed by atoms with Gasteiger partial charge >= 0.3 is 5.97 Å². The van der Waals surface area contributed by atoms with Crippen molar-refractivity contribution in [3.05, 3.63) is 138 Å². The number of aromatic amines is 1. The Kier molecular flexibility index (Phi) is 33.0. The van der Waals surface area contributed by atoms with E-state index in [0.717, 1.165) is 23.4 Å². The van der Waals surface area contributed by atoms with Crippen molar-refractivity contribution in [1.29, 1.82) is 0 Å². The summed E-state index contributed by atoms with van der Waals surface area (Å²) >= 11 is 0. The highest BCUT2D eigenvalue weighted by Crippen LogP contribution is 2.25. The predicted octanol–water partition coefficient (Wildman–Crippen LogP) is -1.09. The van der Waals surface area contributed by atoms with E-state index in [1.54, 1.807) is 56.4 Å². The molecule has 11 amide bonds. The molecule has 1 aromatic heterocycles. The molecule has 0 saturated carbocycles. The summed E-state index contributed by atoms with van der Waals surface area (Å²) in [6, 6.07) is 14.2. The number of aliphatic imine (C=N–C) groups is 1. The third kappa shape index (κ3) is 25.5. The van der Waals surface area contributed by atoms with E-state index in [-0.39, 0.29) is 108 Å². The van der Waals surface area contributed by atoms with Crippen LogP contribution in [0.25, 0.3) is 10.9 Å². The van der Waals surface area contributed by atoms with E-state index in [2.05, 4.69) is 57.8 Å². The Morgan fingerprint density at radius 3 is 1.58 bits per heavy atom. The first-order valence-corrected chi connectivity index (χ1v) is 37.3. The monoisotopic (exact) mass is 1530 g/mol. The van der Waals surface area contributed by atoms with Gasteiger partial charge in [-0.15, -0.1) is 0 Å². The van der Waals surface area contributed by atoms with Crippen LogP contribution in [-0.4, -0.2) is 223 Å². The molecule has 33 nitrogen and oxygen atoms in total. The van der Waals surface area contributed by atoms with Gasteiger partial charge in [0.2, 0.25) is 65.0 Å². The van der Waals surface area contributed by atoms with Gasteiger partial charge in [-0.25, -0.2) is 4.79 Å².